The highest BCUT2D eigenvalue weighted by Gasteiger charge is 2.16. The summed E-state index contributed by atoms with van der Waals surface area (Å²) in [5, 5.41) is 6.22. The van der Waals surface area contributed by atoms with Gasteiger partial charge < -0.3 is 10.6 Å². The highest BCUT2D eigenvalue weighted by atomic mass is 35.5. The van der Waals surface area contributed by atoms with Crippen LogP contribution in [0.5, 0.6) is 0 Å². The van der Waals surface area contributed by atoms with E-state index in [0.717, 1.165) is 10.5 Å². The van der Waals surface area contributed by atoms with Crippen molar-refractivity contribution in [2.24, 2.45) is 0 Å². The molecule has 1 atom stereocenters. The highest BCUT2D eigenvalue weighted by molar-refractivity contribution is 8.00. The quantitative estimate of drug-likeness (QED) is 0.405. The zero-order chi connectivity index (χ0) is 21.7. The number of carbonyl (C=O) groups is 2. The molecule has 0 heterocycles. The zero-order valence-corrected chi connectivity index (χ0v) is 18.7. The van der Waals surface area contributed by atoms with Crippen molar-refractivity contribution in [3.63, 3.8) is 0 Å². The first-order valence-electron chi connectivity index (χ1n) is 9.22. The molecular weight excluding hydrogens is 439 g/mol. The number of aryl methyl sites for hydroxylation is 1. The molecule has 3 aromatic carbocycles. The Morgan fingerprint density at radius 1 is 0.933 bits per heavy atom. The zero-order valence-electron chi connectivity index (χ0n) is 16.4. The summed E-state index contributed by atoms with van der Waals surface area (Å²) in [5.74, 6) is -0.378. The Morgan fingerprint density at radius 3 is 2.40 bits per heavy atom. The number of rotatable bonds is 6. The molecule has 2 amide bonds. The largest absolute Gasteiger partial charge is 0.324 e. The van der Waals surface area contributed by atoms with Gasteiger partial charge in [0, 0.05) is 21.2 Å². The number of carbonyl (C=O) groups excluding carboxylic acids is 2. The molecule has 4 nitrogen and oxygen atoms in total. The number of halogens is 2. The fraction of sp³-hybridized carbons (Fsp3) is 0.130. The second-order valence-electron chi connectivity index (χ2n) is 6.72. The predicted octanol–water partition coefficient (Wildman–Crippen LogP) is 6.67. The van der Waals surface area contributed by atoms with E-state index in [9.17, 15) is 9.59 Å². The molecule has 0 saturated heterocycles. The lowest BCUT2D eigenvalue weighted by Gasteiger charge is -2.14. The number of thioether (sulfide) groups is 1. The van der Waals surface area contributed by atoms with Crippen LogP contribution in [0.25, 0.3) is 0 Å². The number of hydrogen-bond acceptors (Lipinski definition) is 3. The molecular formula is C23H20Cl2N2O2S. The number of nitrogens with one attached hydrogen (secondary N) is 2. The Hall–Kier alpha value is -2.47. The minimum atomic E-state index is -0.386. The van der Waals surface area contributed by atoms with E-state index < -0.39 is 0 Å². The summed E-state index contributed by atoms with van der Waals surface area (Å²) in [5.41, 5.74) is 2.82. The van der Waals surface area contributed by atoms with Crippen molar-refractivity contribution >= 4 is 58.2 Å². The lowest BCUT2D eigenvalue weighted by atomic mass is 10.1. The minimum absolute atomic E-state index is 0.182. The first-order valence-corrected chi connectivity index (χ1v) is 10.9. The summed E-state index contributed by atoms with van der Waals surface area (Å²) < 4.78 is 0. The maximum atomic E-state index is 12.6. The molecule has 0 radical (unpaired) electrons. The Bertz CT molecular complexity index is 1070. The second-order valence-corrected chi connectivity index (χ2v) is 8.98. The van der Waals surface area contributed by atoms with Crippen LogP contribution < -0.4 is 10.6 Å². The predicted molar refractivity (Wildman–Crippen MR) is 126 cm³/mol. The standard InChI is InChI=1S/C23H20Cl2N2O2S/c1-14-6-8-16(9-7-14)23(29)26-18-4-3-5-19(13-18)30-15(2)22(28)27-21-12-17(24)10-11-20(21)25/h3-13,15H,1-2H3,(H,26,29)(H,27,28). The third-order valence-electron chi connectivity index (χ3n) is 4.27. The van der Waals surface area contributed by atoms with Crippen LogP contribution in [0, 0.1) is 6.92 Å². The molecule has 0 aliphatic heterocycles. The Kier molecular flexibility index (Phi) is 7.43. The summed E-state index contributed by atoms with van der Waals surface area (Å²) in [7, 11) is 0. The molecule has 0 saturated carbocycles. The molecule has 0 spiro atoms. The van der Waals surface area contributed by atoms with E-state index in [-0.39, 0.29) is 17.1 Å². The van der Waals surface area contributed by atoms with Gasteiger partial charge >= 0.3 is 0 Å². The summed E-state index contributed by atoms with van der Waals surface area (Å²) in [6.07, 6.45) is 0. The van der Waals surface area contributed by atoms with Crippen molar-refractivity contribution in [2.75, 3.05) is 10.6 Å². The van der Waals surface area contributed by atoms with Crippen LogP contribution >= 0.6 is 35.0 Å². The van der Waals surface area contributed by atoms with Crippen molar-refractivity contribution in [2.45, 2.75) is 24.0 Å². The highest BCUT2D eigenvalue weighted by Crippen LogP contribution is 2.29. The Morgan fingerprint density at radius 2 is 1.67 bits per heavy atom. The monoisotopic (exact) mass is 458 g/mol. The van der Waals surface area contributed by atoms with Gasteiger partial charge in [0.25, 0.3) is 5.91 Å². The van der Waals surface area contributed by atoms with E-state index in [0.29, 0.717) is 27.0 Å². The second kappa shape index (κ2) is 10.0. The van der Waals surface area contributed by atoms with E-state index in [4.69, 9.17) is 23.2 Å². The average molecular weight is 459 g/mol. The van der Waals surface area contributed by atoms with E-state index in [1.165, 1.54) is 11.8 Å². The van der Waals surface area contributed by atoms with Gasteiger partial charge in [-0.1, -0.05) is 47.0 Å². The fourth-order valence-electron chi connectivity index (χ4n) is 2.64. The van der Waals surface area contributed by atoms with Crippen molar-refractivity contribution < 1.29 is 9.59 Å². The maximum absolute atomic E-state index is 12.6. The van der Waals surface area contributed by atoms with Gasteiger partial charge in [-0.3, -0.25) is 9.59 Å². The van der Waals surface area contributed by atoms with Crippen LogP contribution in [0.2, 0.25) is 10.0 Å². The smallest absolute Gasteiger partial charge is 0.255 e. The van der Waals surface area contributed by atoms with Crippen LogP contribution in [0.1, 0.15) is 22.8 Å². The molecule has 2 N–H and O–H groups in total. The fourth-order valence-corrected chi connectivity index (χ4v) is 3.90. The van der Waals surface area contributed by atoms with Crippen molar-refractivity contribution in [1.29, 1.82) is 0 Å². The van der Waals surface area contributed by atoms with Crippen LogP contribution in [-0.2, 0) is 4.79 Å². The number of anilines is 2. The molecule has 3 aromatic rings. The van der Waals surface area contributed by atoms with Gasteiger partial charge in [-0.15, -0.1) is 11.8 Å². The molecule has 7 heteroatoms. The molecule has 3 rings (SSSR count). The van der Waals surface area contributed by atoms with Gasteiger partial charge in [0.15, 0.2) is 0 Å². The summed E-state index contributed by atoms with van der Waals surface area (Å²) in [6, 6.07) is 19.7. The molecule has 0 aromatic heterocycles. The van der Waals surface area contributed by atoms with Crippen LogP contribution in [0.15, 0.2) is 71.6 Å². The minimum Gasteiger partial charge on any atom is -0.324 e. The molecule has 154 valence electrons. The topological polar surface area (TPSA) is 58.2 Å². The summed E-state index contributed by atoms with van der Waals surface area (Å²) >= 11 is 13.5. The van der Waals surface area contributed by atoms with Crippen molar-refractivity contribution in [1.82, 2.24) is 0 Å². The van der Waals surface area contributed by atoms with E-state index in [1.807, 2.05) is 43.3 Å². The normalized spacial score (nSPS) is 11.6. The van der Waals surface area contributed by atoms with E-state index in [1.54, 1.807) is 37.3 Å². The summed E-state index contributed by atoms with van der Waals surface area (Å²) in [6.45, 7) is 3.77. The molecule has 30 heavy (non-hydrogen) atoms. The number of benzene rings is 3. The molecule has 0 aliphatic carbocycles. The first-order chi connectivity index (χ1) is 14.3. The van der Waals surface area contributed by atoms with E-state index in [2.05, 4.69) is 10.6 Å². The van der Waals surface area contributed by atoms with Gasteiger partial charge in [0.2, 0.25) is 5.91 Å². The number of hydrogen-bond donors (Lipinski definition) is 2. The lowest BCUT2D eigenvalue weighted by Crippen LogP contribution is -2.22. The van der Waals surface area contributed by atoms with Gasteiger partial charge in [-0.2, -0.15) is 0 Å². The van der Waals surface area contributed by atoms with E-state index >= 15 is 0 Å². The SMILES string of the molecule is Cc1ccc(C(=O)Nc2cccc(SC(C)C(=O)Nc3cc(Cl)ccc3Cl)c2)cc1. The third-order valence-corrected chi connectivity index (χ3v) is 5.93. The van der Waals surface area contributed by atoms with Crippen molar-refractivity contribution in [3.05, 3.63) is 87.9 Å². The molecule has 0 bridgehead atoms. The Balaban J connectivity index is 1.64. The Labute approximate surface area is 190 Å². The van der Waals surface area contributed by atoms with Gasteiger partial charge in [-0.25, -0.2) is 0 Å². The third kappa shape index (κ3) is 6.02. The van der Waals surface area contributed by atoms with Crippen LogP contribution in [0.4, 0.5) is 11.4 Å². The average Bonchev–Trinajstić information content (AvgIpc) is 2.71. The van der Waals surface area contributed by atoms with Crippen LogP contribution in [0.3, 0.4) is 0 Å². The van der Waals surface area contributed by atoms with Crippen molar-refractivity contribution in [3.8, 4) is 0 Å². The number of amides is 2. The molecule has 0 aliphatic rings. The van der Waals surface area contributed by atoms with Gasteiger partial charge in [0.1, 0.15) is 0 Å². The molecule has 0 fully saturated rings. The lowest BCUT2D eigenvalue weighted by molar-refractivity contribution is -0.115. The van der Waals surface area contributed by atoms with Gasteiger partial charge in [0.05, 0.1) is 16.0 Å². The maximum Gasteiger partial charge on any atom is 0.255 e. The van der Waals surface area contributed by atoms with Crippen LogP contribution in [-0.4, -0.2) is 17.1 Å². The molecule has 1 unspecified atom stereocenters. The first kappa shape index (κ1) is 22.2. The summed E-state index contributed by atoms with van der Waals surface area (Å²) in [4.78, 5) is 25.8. The van der Waals surface area contributed by atoms with Gasteiger partial charge in [-0.05, 0) is 62.4 Å².